The summed E-state index contributed by atoms with van der Waals surface area (Å²) >= 11 is 0. The predicted molar refractivity (Wildman–Crippen MR) is 80.3 cm³/mol. The van der Waals surface area contributed by atoms with Crippen molar-refractivity contribution in [2.24, 2.45) is 4.99 Å². The molecule has 17 heavy (non-hydrogen) atoms. The molecule has 0 unspecified atom stereocenters. The van der Waals surface area contributed by atoms with Crippen LogP contribution in [0.25, 0.3) is 0 Å². The number of benzene rings is 1. The van der Waals surface area contributed by atoms with Gasteiger partial charge in [-0.05, 0) is 24.1 Å². The van der Waals surface area contributed by atoms with Crippen LogP contribution in [0.3, 0.4) is 0 Å². The van der Waals surface area contributed by atoms with Gasteiger partial charge in [0.2, 0.25) is 0 Å². The summed E-state index contributed by atoms with van der Waals surface area (Å²) in [5.74, 6) is 0.559. The minimum absolute atomic E-state index is 0. The van der Waals surface area contributed by atoms with Crippen LogP contribution in [0, 0.1) is 5.82 Å². The molecule has 0 amide bonds. The summed E-state index contributed by atoms with van der Waals surface area (Å²) in [6.07, 6.45) is 1.05. The van der Waals surface area contributed by atoms with E-state index < -0.39 is 0 Å². The second-order valence-corrected chi connectivity index (χ2v) is 3.48. The molecule has 1 rings (SSSR count). The Balaban J connectivity index is 0.00000256. The van der Waals surface area contributed by atoms with Gasteiger partial charge in [0, 0.05) is 20.1 Å². The van der Waals surface area contributed by atoms with Crippen LogP contribution < -0.4 is 10.6 Å². The lowest BCUT2D eigenvalue weighted by Gasteiger charge is -2.10. The van der Waals surface area contributed by atoms with Crippen molar-refractivity contribution in [2.75, 3.05) is 13.6 Å². The van der Waals surface area contributed by atoms with Gasteiger partial charge in [-0.15, -0.1) is 24.0 Å². The van der Waals surface area contributed by atoms with Gasteiger partial charge in [0.25, 0.3) is 0 Å². The van der Waals surface area contributed by atoms with Crippen molar-refractivity contribution in [3.8, 4) is 0 Å². The third kappa shape index (κ3) is 6.45. The first-order chi connectivity index (χ1) is 7.76. The standard InChI is InChI=1S/C12H18FN3.HI/c1-3-8-15-12(14-2)16-9-10-4-6-11(13)7-5-10;/h4-7H,3,8-9H2,1-2H3,(H2,14,15,16);1H. The maximum atomic E-state index is 12.7. The lowest BCUT2D eigenvalue weighted by Crippen LogP contribution is -2.37. The zero-order chi connectivity index (χ0) is 11.8. The van der Waals surface area contributed by atoms with Gasteiger partial charge in [0.15, 0.2) is 5.96 Å². The molecule has 1 aromatic rings. The van der Waals surface area contributed by atoms with E-state index in [0.29, 0.717) is 6.54 Å². The highest BCUT2D eigenvalue weighted by Crippen LogP contribution is 2.01. The molecule has 0 radical (unpaired) electrons. The van der Waals surface area contributed by atoms with E-state index in [4.69, 9.17) is 0 Å². The quantitative estimate of drug-likeness (QED) is 0.497. The zero-order valence-corrected chi connectivity index (χ0v) is 12.5. The minimum Gasteiger partial charge on any atom is -0.356 e. The summed E-state index contributed by atoms with van der Waals surface area (Å²) in [5.41, 5.74) is 1.03. The van der Waals surface area contributed by atoms with E-state index in [9.17, 15) is 4.39 Å². The first kappa shape index (κ1) is 16.1. The summed E-state index contributed by atoms with van der Waals surface area (Å²) in [5, 5.41) is 6.32. The molecule has 1 aromatic carbocycles. The Labute approximate surface area is 119 Å². The summed E-state index contributed by atoms with van der Waals surface area (Å²) in [6, 6.07) is 6.43. The third-order valence-corrected chi connectivity index (χ3v) is 2.14. The van der Waals surface area contributed by atoms with Crippen LogP contribution in [0.4, 0.5) is 4.39 Å². The smallest absolute Gasteiger partial charge is 0.191 e. The van der Waals surface area contributed by atoms with Crippen LogP contribution in [0.5, 0.6) is 0 Å². The molecule has 0 atom stereocenters. The molecule has 0 aromatic heterocycles. The van der Waals surface area contributed by atoms with Crippen LogP contribution in [0.1, 0.15) is 18.9 Å². The fourth-order valence-corrected chi connectivity index (χ4v) is 1.25. The monoisotopic (exact) mass is 351 g/mol. The molecule has 0 saturated heterocycles. The number of nitrogens with zero attached hydrogens (tertiary/aromatic N) is 1. The molecule has 3 nitrogen and oxygen atoms in total. The number of guanidine groups is 1. The van der Waals surface area contributed by atoms with E-state index in [-0.39, 0.29) is 29.8 Å². The lowest BCUT2D eigenvalue weighted by atomic mass is 10.2. The molecule has 0 aliphatic heterocycles. The number of hydrogen-bond acceptors (Lipinski definition) is 1. The molecule has 0 heterocycles. The Hall–Kier alpha value is -0.850. The van der Waals surface area contributed by atoms with E-state index in [2.05, 4.69) is 22.5 Å². The molecule has 0 bridgehead atoms. The topological polar surface area (TPSA) is 36.4 Å². The van der Waals surface area contributed by atoms with Crippen molar-refractivity contribution in [1.82, 2.24) is 10.6 Å². The molecular weight excluding hydrogens is 332 g/mol. The minimum atomic E-state index is -0.211. The van der Waals surface area contributed by atoms with Crippen molar-refractivity contribution >= 4 is 29.9 Å². The SMILES string of the molecule is CCCNC(=NC)NCc1ccc(F)cc1.I. The molecule has 96 valence electrons. The largest absolute Gasteiger partial charge is 0.356 e. The van der Waals surface area contributed by atoms with Gasteiger partial charge in [0.05, 0.1) is 0 Å². The molecule has 0 fully saturated rings. The normalized spacial score (nSPS) is 10.6. The summed E-state index contributed by atoms with van der Waals surface area (Å²) in [4.78, 5) is 4.08. The summed E-state index contributed by atoms with van der Waals surface area (Å²) < 4.78 is 12.7. The van der Waals surface area contributed by atoms with Gasteiger partial charge in [-0.2, -0.15) is 0 Å². The van der Waals surface area contributed by atoms with Crippen LogP contribution in [0.2, 0.25) is 0 Å². The average Bonchev–Trinajstić information content (AvgIpc) is 2.32. The third-order valence-electron chi connectivity index (χ3n) is 2.14. The highest BCUT2D eigenvalue weighted by atomic mass is 127. The lowest BCUT2D eigenvalue weighted by molar-refractivity contribution is 0.626. The van der Waals surface area contributed by atoms with E-state index in [1.807, 2.05) is 0 Å². The van der Waals surface area contributed by atoms with Crippen molar-refractivity contribution in [2.45, 2.75) is 19.9 Å². The molecule has 0 aliphatic rings. The van der Waals surface area contributed by atoms with Crippen molar-refractivity contribution in [1.29, 1.82) is 0 Å². The van der Waals surface area contributed by atoms with Gasteiger partial charge in [-0.3, -0.25) is 4.99 Å². The van der Waals surface area contributed by atoms with Gasteiger partial charge in [0.1, 0.15) is 5.82 Å². The van der Waals surface area contributed by atoms with E-state index in [1.165, 1.54) is 12.1 Å². The second-order valence-electron chi connectivity index (χ2n) is 3.48. The Morgan fingerprint density at radius 1 is 1.24 bits per heavy atom. The highest BCUT2D eigenvalue weighted by molar-refractivity contribution is 14.0. The average molecular weight is 351 g/mol. The van der Waals surface area contributed by atoms with Crippen LogP contribution in [-0.4, -0.2) is 19.6 Å². The maximum absolute atomic E-state index is 12.7. The maximum Gasteiger partial charge on any atom is 0.191 e. The number of nitrogens with one attached hydrogen (secondary N) is 2. The zero-order valence-electron chi connectivity index (χ0n) is 10.2. The highest BCUT2D eigenvalue weighted by Gasteiger charge is 1.97. The summed E-state index contributed by atoms with van der Waals surface area (Å²) in [6.45, 7) is 3.63. The number of halogens is 2. The first-order valence-corrected chi connectivity index (χ1v) is 5.45. The van der Waals surface area contributed by atoms with Gasteiger partial charge < -0.3 is 10.6 Å². The van der Waals surface area contributed by atoms with Crippen LogP contribution >= 0.6 is 24.0 Å². The van der Waals surface area contributed by atoms with Gasteiger partial charge in [-0.1, -0.05) is 19.1 Å². The molecule has 0 spiro atoms. The molecule has 0 aliphatic carbocycles. The van der Waals surface area contributed by atoms with Crippen molar-refractivity contribution < 1.29 is 4.39 Å². The molecule has 2 N–H and O–H groups in total. The van der Waals surface area contributed by atoms with E-state index >= 15 is 0 Å². The number of aliphatic imine (C=N–C) groups is 1. The molecule has 5 heteroatoms. The Bertz CT molecular complexity index is 338. The van der Waals surface area contributed by atoms with Crippen LogP contribution in [-0.2, 0) is 6.54 Å². The molecular formula is C12H19FIN3. The van der Waals surface area contributed by atoms with Crippen molar-refractivity contribution in [3.63, 3.8) is 0 Å². The first-order valence-electron chi connectivity index (χ1n) is 5.45. The predicted octanol–water partition coefficient (Wildman–Crippen LogP) is 2.52. The van der Waals surface area contributed by atoms with Gasteiger partial charge >= 0.3 is 0 Å². The van der Waals surface area contributed by atoms with Gasteiger partial charge in [-0.25, -0.2) is 4.39 Å². The van der Waals surface area contributed by atoms with Crippen molar-refractivity contribution in [3.05, 3.63) is 35.6 Å². The Morgan fingerprint density at radius 3 is 2.41 bits per heavy atom. The fraction of sp³-hybridized carbons (Fsp3) is 0.417. The van der Waals surface area contributed by atoms with E-state index in [0.717, 1.165) is 24.5 Å². The Morgan fingerprint density at radius 2 is 1.88 bits per heavy atom. The van der Waals surface area contributed by atoms with Crippen LogP contribution in [0.15, 0.2) is 29.3 Å². The second kappa shape index (κ2) is 9.21. The number of rotatable bonds is 4. The molecule has 0 saturated carbocycles. The number of hydrogen-bond donors (Lipinski definition) is 2. The fourth-order valence-electron chi connectivity index (χ4n) is 1.25. The van der Waals surface area contributed by atoms with E-state index in [1.54, 1.807) is 19.2 Å². The summed E-state index contributed by atoms with van der Waals surface area (Å²) in [7, 11) is 1.73. The Kier molecular flexibility index (Phi) is 8.75.